The Bertz CT molecular complexity index is 191. The second kappa shape index (κ2) is 5.35. The van der Waals surface area contributed by atoms with Gasteiger partial charge in [0.1, 0.15) is 0 Å². The van der Waals surface area contributed by atoms with Gasteiger partial charge in [0.25, 0.3) is 0 Å². The second-order valence-electron chi connectivity index (χ2n) is 4.34. The van der Waals surface area contributed by atoms with Crippen LogP contribution in [0.3, 0.4) is 0 Å². The highest BCUT2D eigenvalue weighted by atomic mass is 16.5. The normalized spacial score (nSPS) is 29.6. The summed E-state index contributed by atoms with van der Waals surface area (Å²) < 4.78 is 4.64. The molecule has 3 nitrogen and oxygen atoms in total. The van der Waals surface area contributed by atoms with Crippen molar-refractivity contribution in [2.45, 2.75) is 45.1 Å². The number of rotatable bonds is 3. The van der Waals surface area contributed by atoms with Gasteiger partial charge < -0.3 is 9.84 Å². The number of aliphatic hydroxyl groups excluding tert-OH is 1. The van der Waals surface area contributed by atoms with Crippen molar-refractivity contribution in [1.29, 1.82) is 0 Å². The fourth-order valence-electron chi connectivity index (χ4n) is 2.23. The van der Waals surface area contributed by atoms with Gasteiger partial charge in [0.05, 0.1) is 13.2 Å². The molecule has 0 bridgehead atoms. The number of hydrogen-bond acceptors (Lipinski definition) is 3. The number of esters is 1. The highest BCUT2D eigenvalue weighted by Gasteiger charge is 2.26. The Morgan fingerprint density at radius 3 is 2.86 bits per heavy atom. The average molecular weight is 200 g/mol. The molecule has 0 aliphatic heterocycles. The van der Waals surface area contributed by atoms with Crippen LogP contribution in [0.15, 0.2) is 0 Å². The van der Waals surface area contributed by atoms with Gasteiger partial charge in [0, 0.05) is 6.42 Å². The molecule has 3 atom stereocenters. The van der Waals surface area contributed by atoms with Crippen LogP contribution >= 0.6 is 0 Å². The van der Waals surface area contributed by atoms with Gasteiger partial charge in [-0.1, -0.05) is 13.3 Å². The van der Waals surface area contributed by atoms with Gasteiger partial charge in [-0.3, -0.25) is 4.79 Å². The Hall–Kier alpha value is -0.570. The quantitative estimate of drug-likeness (QED) is 0.706. The summed E-state index contributed by atoms with van der Waals surface area (Å²) in [7, 11) is 1.42. The van der Waals surface area contributed by atoms with Crippen molar-refractivity contribution in [3.63, 3.8) is 0 Å². The van der Waals surface area contributed by atoms with Gasteiger partial charge in [0.2, 0.25) is 0 Å². The maximum atomic E-state index is 11.1. The highest BCUT2D eigenvalue weighted by Crippen LogP contribution is 2.31. The lowest BCUT2D eigenvalue weighted by molar-refractivity contribution is -0.142. The van der Waals surface area contributed by atoms with Crippen LogP contribution < -0.4 is 0 Å². The summed E-state index contributed by atoms with van der Waals surface area (Å²) in [6, 6.07) is 0. The van der Waals surface area contributed by atoms with E-state index < -0.39 is 0 Å². The van der Waals surface area contributed by atoms with E-state index >= 15 is 0 Å². The summed E-state index contributed by atoms with van der Waals surface area (Å²) in [5.74, 6) is 0.674. The topological polar surface area (TPSA) is 46.5 Å². The Balaban J connectivity index is 2.35. The maximum Gasteiger partial charge on any atom is 0.305 e. The van der Waals surface area contributed by atoms with E-state index in [2.05, 4.69) is 11.7 Å². The van der Waals surface area contributed by atoms with E-state index in [0.717, 1.165) is 25.7 Å². The van der Waals surface area contributed by atoms with Crippen molar-refractivity contribution in [2.75, 3.05) is 7.11 Å². The first-order valence-corrected chi connectivity index (χ1v) is 5.38. The summed E-state index contributed by atoms with van der Waals surface area (Å²) in [5, 5.41) is 9.50. The second-order valence-corrected chi connectivity index (χ2v) is 4.34. The van der Waals surface area contributed by atoms with Crippen LogP contribution in [-0.2, 0) is 9.53 Å². The molecule has 1 aliphatic carbocycles. The van der Waals surface area contributed by atoms with Crippen molar-refractivity contribution >= 4 is 5.97 Å². The molecule has 1 rings (SSSR count). The summed E-state index contributed by atoms with van der Waals surface area (Å²) >= 11 is 0. The van der Waals surface area contributed by atoms with Gasteiger partial charge in [0.15, 0.2) is 0 Å². The van der Waals surface area contributed by atoms with E-state index in [1.807, 2.05) is 0 Å². The number of ether oxygens (including phenoxy) is 1. The van der Waals surface area contributed by atoms with E-state index in [0.29, 0.717) is 18.3 Å². The van der Waals surface area contributed by atoms with Crippen molar-refractivity contribution in [2.24, 2.45) is 11.8 Å². The number of hydrogen-bond donors (Lipinski definition) is 1. The minimum Gasteiger partial charge on any atom is -0.469 e. The minimum atomic E-state index is -0.158. The highest BCUT2D eigenvalue weighted by molar-refractivity contribution is 5.69. The summed E-state index contributed by atoms with van der Waals surface area (Å²) in [6.07, 6.45) is 4.30. The van der Waals surface area contributed by atoms with Crippen molar-refractivity contribution < 1.29 is 14.6 Å². The lowest BCUT2D eigenvalue weighted by atomic mass is 9.78. The Kier molecular flexibility index (Phi) is 4.39. The smallest absolute Gasteiger partial charge is 0.305 e. The molecule has 0 radical (unpaired) electrons. The molecule has 0 spiro atoms. The molecule has 14 heavy (non-hydrogen) atoms. The molecule has 0 aromatic carbocycles. The Labute approximate surface area is 85.5 Å². The Morgan fingerprint density at radius 2 is 2.29 bits per heavy atom. The van der Waals surface area contributed by atoms with Crippen LogP contribution in [0.5, 0.6) is 0 Å². The molecule has 1 aliphatic rings. The third-order valence-corrected chi connectivity index (χ3v) is 3.21. The third kappa shape index (κ3) is 3.29. The first-order valence-electron chi connectivity index (χ1n) is 5.38. The predicted octanol–water partition coefficient (Wildman–Crippen LogP) is 1.74. The predicted molar refractivity (Wildman–Crippen MR) is 53.8 cm³/mol. The lowest BCUT2D eigenvalue weighted by Gasteiger charge is -2.30. The van der Waals surface area contributed by atoms with Crippen LogP contribution in [0.25, 0.3) is 0 Å². The zero-order valence-corrected chi connectivity index (χ0v) is 9.03. The lowest BCUT2D eigenvalue weighted by Crippen LogP contribution is -2.25. The molecule has 0 saturated heterocycles. The van der Waals surface area contributed by atoms with Crippen molar-refractivity contribution in [3.8, 4) is 0 Å². The van der Waals surface area contributed by atoms with Gasteiger partial charge in [-0.05, 0) is 31.1 Å². The molecule has 82 valence electrons. The molecule has 1 saturated carbocycles. The molecule has 1 fully saturated rings. The first-order chi connectivity index (χ1) is 6.63. The number of methoxy groups -OCH3 is 1. The molecule has 0 aromatic heterocycles. The van der Waals surface area contributed by atoms with E-state index in [1.54, 1.807) is 0 Å². The molecule has 0 amide bonds. The van der Waals surface area contributed by atoms with E-state index in [-0.39, 0.29) is 12.1 Å². The first kappa shape index (κ1) is 11.5. The zero-order chi connectivity index (χ0) is 10.6. The molecule has 1 N–H and O–H groups in total. The molecular weight excluding hydrogens is 180 g/mol. The van der Waals surface area contributed by atoms with Crippen molar-refractivity contribution in [3.05, 3.63) is 0 Å². The van der Waals surface area contributed by atoms with Crippen LogP contribution in [-0.4, -0.2) is 24.3 Å². The third-order valence-electron chi connectivity index (χ3n) is 3.21. The zero-order valence-electron chi connectivity index (χ0n) is 9.03. The largest absolute Gasteiger partial charge is 0.469 e. The molecular formula is C11H20O3. The fourth-order valence-corrected chi connectivity index (χ4v) is 2.23. The van der Waals surface area contributed by atoms with Crippen LogP contribution in [0.2, 0.25) is 0 Å². The van der Waals surface area contributed by atoms with Gasteiger partial charge in [-0.15, -0.1) is 0 Å². The molecule has 0 aromatic rings. The number of aliphatic hydroxyl groups is 1. The standard InChI is InChI=1S/C11H20O3/c1-8(6-11(13)14-2)9-4-3-5-10(12)7-9/h8-10,12H,3-7H2,1-2H3/t8-,9+,10-/m1/s1. The SMILES string of the molecule is COC(=O)C[C@@H](C)[C@H]1CCC[C@@H](O)C1. The number of carbonyl (C=O) groups is 1. The fraction of sp³-hybridized carbons (Fsp3) is 0.909. The molecule has 0 heterocycles. The maximum absolute atomic E-state index is 11.1. The van der Waals surface area contributed by atoms with Gasteiger partial charge >= 0.3 is 5.97 Å². The van der Waals surface area contributed by atoms with Crippen LogP contribution in [0, 0.1) is 11.8 Å². The van der Waals surface area contributed by atoms with Crippen LogP contribution in [0.1, 0.15) is 39.0 Å². The number of carbonyl (C=O) groups excluding carboxylic acids is 1. The van der Waals surface area contributed by atoms with E-state index in [1.165, 1.54) is 7.11 Å². The van der Waals surface area contributed by atoms with E-state index in [4.69, 9.17) is 0 Å². The average Bonchev–Trinajstić information content (AvgIpc) is 2.17. The van der Waals surface area contributed by atoms with Crippen LogP contribution in [0.4, 0.5) is 0 Å². The monoisotopic (exact) mass is 200 g/mol. The Morgan fingerprint density at radius 1 is 1.57 bits per heavy atom. The summed E-state index contributed by atoms with van der Waals surface area (Å²) in [4.78, 5) is 11.1. The van der Waals surface area contributed by atoms with Crippen molar-refractivity contribution in [1.82, 2.24) is 0 Å². The molecule has 0 unspecified atom stereocenters. The minimum absolute atomic E-state index is 0.141. The van der Waals surface area contributed by atoms with E-state index in [9.17, 15) is 9.90 Å². The summed E-state index contributed by atoms with van der Waals surface area (Å²) in [6.45, 7) is 2.07. The summed E-state index contributed by atoms with van der Waals surface area (Å²) in [5.41, 5.74) is 0. The van der Waals surface area contributed by atoms with Gasteiger partial charge in [-0.25, -0.2) is 0 Å². The molecule has 3 heteroatoms. The van der Waals surface area contributed by atoms with Gasteiger partial charge in [-0.2, -0.15) is 0 Å².